The molecule has 0 aromatic heterocycles. The second-order valence-corrected chi connectivity index (χ2v) is 6.61. The Morgan fingerprint density at radius 3 is 3.00 bits per heavy atom. The van der Waals surface area contributed by atoms with E-state index in [0.717, 1.165) is 5.57 Å². The van der Waals surface area contributed by atoms with Crippen molar-refractivity contribution in [3.63, 3.8) is 0 Å². The average Bonchev–Trinajstić information content (AvgIpc) is 3.19. The molecular weight excluding hydrogens is 286 g/mol. The lowest BCUT2D eigenvalue weighted by Crippen LogP contribution is -2.64. The molecule has 2 fully saturated rings. The molecule has 1 amide bonds. The molecule has 3 heterocycles. The van der Waals surface area contributed by atoms with Crippen LogP contribution in [0.15, 0.2) is 23.8 Å². The zero-order valence-electron chi connectivity index (χ0n) is 12.4. The summed E-state index contributed by atoms with van der Waals surface area (Å²) in [6, 6.07) is 0. The van der Waals surface area contributed by atoms with Gasteiger partial charge in [-0.3, -0.25) is 9.59 Å². The van der Waals surface area contributed by atoms with E-state index in [-0.39, 0.29) is 30.0 Å². The highest BCUT2D eigenvalue weighted by molar-refractivity contribution is 5.94. The van der Waals surface area contributed by atoms with Gasteiger partial charge in [-0.25, -0.2) is 0 Å². The third-order valence-corrected chi connectivity index (χ3v) is 5.70. The van der Waals surface area contributed by atoms with Gasteiger partial charge in [0.25, 0.3) is 0 Å². The molecule has 0 radical (unpaired) electrons. The van der Waals surface area contributed by atoms with Crippen LogP contribution in [0.1, 0.15) is 19.3 Å². The Balaban J connectivity index is 1.83. The summed E-state index contributed by atoms with van der Waals surface area (Å²) in [6.07, 6.45) is 6.72. The molecule has 2 saturated heterocycles. The van der Waals surface area contributed by atoms with Crippen LogP contribution in [-0.2, 0) is 19.1 Å². The van der Waals surface area contributed by atoms with Gasteiger partial charge in [-0.15, -0.1) is 0 Å². The van der Waals surface area contributed by atoms with E-state index in [4.69, 9.17) is 9.47 Å². The molecule has 4 aliphatic rings. The monoisotopic (exact) mass is 305 g/mol. The molecule has 1 aliphatic carbocycles. The van der Waals surface area contributed by atoms with Crippen LogP contribution in [0.2, 0.25) is 0 Å². The first kappa shape index (κ1) is 14.0. The topological polar surface area (TPSA) is 79.4 Å². The molecule has 0 bridgehead atoms. The summed E-state index contributed by atoms with van der Waals surface area (Å²) >= 11 is 0. The van der Waals surface area contributed by atoms with Crippen molar-refractivity contribution in [1.29, 1.82) is 0 Å². The number of methoxy groups -OCH3 is 1. The van der Waals surface area contributed by atoms with Gasteiger partial charge in [-0.2, -0.15) is 0 Å². The van der Waals surface area contributed by atoms with Crippen molar-refractivity contribution in [2.24, 2.45) is 5.92 Å². The summed E-state index contributed by atoms with van der Waals surface area (Å²) in [4.78, 5) is 25.7. The van der Waals surface area contributed by atoms with E-state index in [1.165, 1.54) is 0 Å². The van der Waals surface area contributed by atoms with Gasteiger partial charge in [-0.1, -0.05) is 12.2 Å². The number of ether oxygens (including phenoxy) is 2. The fraction of sp³-hybridized carbons (Fsp3) is 0.625. The van der Waals surface area contributed by atoms with Crippen LogP contribution in [0.5, 0.6) is 0 Å². The molecule has 4 rings (SSSR count). The lowest BCUT2D eigenvalue weighted by atomic mass is 9.62. The van der Waals surface area contributed by atoms with Gasteiger partial charge in [0.2, 0.25) is 5.91 Å². The molecule has 0 saturated carbocycles. The fourth-order valence-electron chi connectivity index (χ4n) is 4.58. The standard InChI is InChI=1S/C16H19NO5/c1-21-11-3-2-10-6-13(18)17-5-4-15(9-22-15)12(7-14(19)20)16(10,17)8-11/h2-3,6,11-12H,4-5,7-9H2,1H3,(H,19,20)/t11-,12-,15-,16?/m0/s1. The van der Waals surface area contributed by atoms with Gasteiger partial charge < -0.3 is 19.5 Å². The van der Waals surface area contributed by atoms with Crippen molar-refractivity contribution >= 4 is 11.9 Å². The Bertz CT molecular complexity index is 606. The summed E-state index contributed by atoms with van der Waals surface area (Å²) < 4.78 is 11.2. The molecule has 1 N–H and O–H groups in total. The number of aliphatic carboxylic acids is 1. The minimum absolute atomic E-state index is 0.00535. The SMILES string of the molecule is CO[C@H]1C=CC2=CC(=O)N3CC[C@]4(CO4)[C@H](CC(=O)O)C23C1. The minimum Gasteiger partial charge on any atom is -0.481 e. The third kappa shape index (κ3) is 1.68. The van der Waals surface area contributed by atoms with Crippen LogP contribution in [0.4, 0.5) is 0 Å². The van der Waals surface area contributed by atoms with Gasteiger partial charge in [0.1, 0.15) is 0 Å². The van der Waals surface area contributed by atoms with E-state index in [0.29, 0.717) is 26.0 Å². The van der Waals surface area contributed by atoms with E-state index in [1.54, 1.807) is 13.2 Å². The van der Waals surface area contributed by atoms with Crippen molar-refractivity contribution in [2.45, 2.75) is 36.5 Å². The van der Waals surface area contributed by atoms with Gasteiger partial charge in [0.15, 0.2) is 0 Å². The zero-order valence-corrected chi connectivity index (χ0v) is 12.4. The molecule has 0 aromatic carbocycles. The Kier molecular flexibility index (Phi) is 2.81. The number of epoxide rings is 1. The normalized spacial score (nSPS) is 42.1. The molecule has 6 heteroatoms. The van der Waals surface area contributed by atoms with Crippen LogP contribution < -0.4 is 0 Å². The van der Waals surface area contributed by atoms with E-state index >= 15 is 0 Å². The zero-order chi connectivity index (χ0) is 15.5. The van der Waals surface area contributed by atoms with Gasteiger partial charge in [0, 0.05) is 32.1 Å². The van der Waals surface area contributed by atoms with Gasteiger partial charge in [-0.05, 0) is 12.0 Å². The van der Waals surface area contributed by atoms with Crippen LogP contribution >= 0.6 is 0 Å². The first-order valence-corrected chi connectivity index (χ1v) is 7.62. The maximum Gasteiger partial charge on any atom is 0.303 e. The first-order chi connectivity index (χ1) is 10.5. The molecule has 118 valence electrons. The number of carbonyl (C=O) groups excluding carboxylic acids is 1. The van der Waals surface area contributed by atoms with Crippen molar-refractivity contribution < 1.29 is 24.2 Å². The lowest BCUT2D eigenvalue weighted by molar-refractivity contribution is -0.148. The summed E-state index contributed by atoms with van der Waals surface area (Å²) in [6.45, 7) is 1.20. The molecule has 3 aliphatic heterocycles. The predicted molar refractivity (Wildman–Crippen MR) is 76.1 cm³/mol. The highest BCUT2D eigenvalue weighted by Crippen LogP contribution is 2.58. The summed E-state index contributed by atoms with van der Waals surface area (Å²) in [5.41, 5.74) is -0.0755. The summed E-state index contributed by atoms with van der Waals surface area (Å²) in [5, 5.41) is 9.39. The van der Waals surface area contributed by atoms with Gasteiger partial charge in [0.05, 0.1) is 30.3 Å². The fourth-order valence-corrected chi connectivity index (χ4v) is 4.58. The Labute approximate surface area is 128 Å². The molecule has 22 heavy (non-hydrogen) atoms. The third-order valence-electron chi connectivity index (χ3n) is 5.70. The van der Waals surface area contributed by atoms with Crippen LogP contribution in [-0.4, -0.2) is 59.4 Å². The quantitative estimate of drug-likeness (QED) is 0.778. The highest BCUT2D eigenvalue weighted by Gasteiger charge is 2.68. The van der Waals surface area contributed by atoms with E-state index in [9.17, 15) is 14.7 Å². The molecule has 6 nitrogen and oxygen atoms in total. The highest BCUT2D eigenvalue weighted by atomic mass is 16.6. The van der Waals surface area contributed by atoms with Crippen LogP contribution in [0.3, 0.4) is 0 Å². The van der Waals surface area contributed by atoms with Crippen LogP contribution in [0, 0.1) is 5.92 Å². The maximum absolute atomic E-state index is 12.4. The maximum atomic E-state index is 12.4. The Morgan fingerprint density at radius 1 is 1.59 bits per heavy atom. The number of nitrogens with zero attached hydrogens (tertiary/aromatic N) is 1. The van der Waals surface area contributed by atoms with E-state index in [2.05, 4.69) is 0 Å². The number of carboxylic acids is 1. The number of hydrogen-bond acceptors (Lipinski definition) is 4. The van der Waals surface area contributed by atoms with Crippen molar-refractivity contribution in [2.75, 3.05) is 20.3 Å². The van der Waals surface area contributed by atoms with Crippen LogP contribution in [0.25, 0.3) is 0 Å². The summed E-state index contributed by atoms with van der Waals surface area (Å²) in [7, 11) is 1.64. The Morgan fingerprint density at radius 2 is 2.36 bits per heavy atom. The molecule has 2 spiro atoms. The summed E-state index contributed by atoms with van der Waals surface area (Å²) in [5.74, 6) is -1.10. The number of carbonyl (C=O) groups is 2. The van der Waals surface area contributed by atoms with Crippen molar-refractivity contribution in [1.82, 2.24) is 4.90 Å². The van der Waals surface area contributed by atoms with E-state index in [1.807, 2.05) is 17.1 Å². The minimum atomic E-state index is -0.849. The second kappa shape index (κ2) is 4.43. The van der Waals surface area contributed by atoms with Crippen molar-refractivity contribution in [3.8, 4) is 0 Å². The second-order valence-electron chi connectivity index (χ2n) is 6.61. The number of carboxylic acid groups (broad SMARTS) is 1. The largest absolute Gasteiger partial charge is 0.481 e. The Hall–Kier alpha value is -1.66. The molecule has 4 atom stereocenters. The average molecular weight is 305 g/mol. The first-order valence-electron chi connectivity index (χ1n) is 7.62. The molecular formula is C16H19NO5. The van der Waals surface area contributed by atoms with E-state index < -0.39 is 11.5 Å². The van der Waals surface area contributed by atoms with Gasteiger partial charge >= 0.3 is 5.97 Å². The number of hydrogen-bond donors (Lipinski definition) is 1. The lowest BCUT2D eigenvalue weighted by Gasteiger charge is -2.53. The smallest absolute Gasteiger partial charge is 0.303 e. The number of piperidine rings is 1. The molecule has 1 unspecified atom stereocenters. The predicted octanol–water partition coefficient (Wildman–Crippen LogP) is 0.732. The van der Waals surface area contributed by atoms with Crippen molar-refractivity contribution in [3.05, 3.63) is 23.8 Å². The number of amides is 1. The number of rotatable bonds is 3. The molecule has 0 aromatic rings.